The van der Waals surface area contributed by atoms with Gasteiger partial charge in [-0.3, -0.25) is 9.36 Å². The number of benzene rings is 2. The second-order valence-corrected chi connectivity index (χ2v) is 8.99. The Kier molecular flexibility index (Phi) is 4.91. The predicted octanol–water partition coefficient (Wildman–Crippen LogP) is 1.86. The number of nitrogens with zero attached hydrogens (tertiary/aromatic N) is 2. The summed E-state index contributed by atoms with van der Waals surface area (Å²) >= 11 is 0. The molecule has 4 rings (SSSR count). The second-order valence-electron chi connectivity index (χ2n) is 7.02. The highest BCUT2D eigenvalue weighted by atomic mass is 32.2. The normalized spacial score (nSPS) is 16.4. The van der Waals surface area contributed by atoms with Gasteiger partial charge in [-0.05, 0) is 30.5 Å². The standard InChI is InChI=1S/C20H21N3O4S/c24-19-17-8-4-5-9-18(17)21-20(25)23(19)16-10-12-22(13-11-16)28(26,27)14-15-6-2-1-3-7-15/h1-9,16H,10-14H2,(H,21,25). The van der Waals surface area contributed by atoms with Gasteiger partial charge in [0.15, 0.2) is 0 Å². The first kappa shape index (κ1) is 18.6. The van der Waals surface area contributed by atoms with Crippen molar-refractivity contribution in [3.8, 4) is 0 Å². The quantitative estimate of drug-likeness (QED) is 0.725. The number of fused-ring (bicyclic) bond motifs is 1. The van der Waals surface area contributed by atoms with E-state index in [1.54, 1.807) is 36.4 Å². The van der Waals surface area contributed by atoms with Crippen molar-refractivity contribution in [2.45, 2.75) is 24.6 Å². The second kappa shape index (κ2) is 7.37. The van der Waals surface area contributed by atoms with E-state index in [0.29, 0.717) is 36.8 Å². The van der Waals surface area contributed by atoms with Crippen LogP contribution in [0.25, 0.3) is 10.9 Å². The van der Waals surface area contributed by atoms with Gasteiger partial charge in [-0.25, -0.2) is 17.5 Å². The van der Waals surface area contributed by atoms with Gasteiger partial charge in [0.2, 0.25) is 10.0 Å². The number of para-hydroxylation sites is 1. The highest BCUT2D eigenvalue weighted by Gasteiger charge is 2.30. The van der Waals surface area contributed by atoms with Gasteiger partial charge in [-0.2, -0.15) is 0 Å². The van der Waals surface area contributed by atoms with E-state index in [1.165, 1.54) is 8.87 Å². The molecule has 0 radical (unpaired) electrons. The summed E-state index contributed by atoms with van der Waals surface area (Å²) in [6.07, 6.45) is 0.852. The maximum Gasteiger partial charge on any atom is 0.329 e. The molecule has 0 unspecified atom stereocenters. The lowest BCUT2D eigenvalue weighted by Crippen LogP contribution is -2.45. The van der Waals surface area contributed by atoms with Crippen molar-refractivity contribution in [3.05, 3.63) is 81.0 Å². The van der Waals surface area contributed by atoms with Crippen LogP contribution in [0.4, 0.5) is 0 Å². The molecule has 7 nitrogen and oxygen atoms in total. The summed E-state index contributed by atoms with van der Waals surface area (Å²) in [4.78, 5) is 28.0. The van der Waals surface area contributed by atoms with E-state index in [0.717, 1.165) is 5.56 Å². The van der Waals surface area contributed by atoms with Gasteiger partial charge in [-0.1, -0.05) is 42.5 Å². The molecule has 146 valence electrons. The fourth-order valence-corrected chi connectivity index (χ4v) is 5.33. The molecule has 1 aliphatic rings. The van der Waals surface area contributed by atoms with Crippen LogP contribution in [0.3, 0.4) is 0 Å². The van der Waals surface area contributed by atoms with Crippen LogP contribution in [-0.4, -0.2) is 35.4 Å². The fourth-order valence-electron chi connectivity index (χ4n) is 3.76. The first-order chi connectivity index (χ1) is 13.5. The van der Waals surface area contributed by atoms with Crippen LogP contribution in [0.2, 0.25) is 0 Å². The van der Waals surface area contributed by atoms with Gasteiger partial charge in [0.05, 0.1) is 16.7 Å². The van der Waals surface area contributed by atoms with Crippen molar-refractivity contribution in [2.24, 2.45) is 0 Å². The van der Waals surface area contributed by atoms with E-state index in [1.807, 2.05) is 18.2 Å². The number of hydrogen-bond acceptors (Lipinski definition) is 4. The molecule has 0 atom stereocenters. The Balaban J connectivity index is 1.54. The maximum atomic E-state index is 12.8. The van der Waals surface area contributed by atoms with Crippen LogP contribution in [0.5, 0.6) is 0 Å². The van der Waals surface area contributed by atoms with Crippen molar-refractivity contribution < 1.29 is 8.42 Å². The lowest BCUT2D eigenvalue weighted by atomic mass is 10.1. The third-order valence-electron chi connectivity index (χ3n) is 5.21. The predicted molar refractivity (Wildman–Crippen MR) is 108 cm³/mol. The molecule has 0 bridgehead atoms. The molecule has 2 heterocycles. The minimum atomic E-state index is -3.44. The third kappa shape index (κ3) is 3.53. The van der Waals surface area contributed by atoms with Gasteiger partial charge >= 0.3 is 5.69 Å². The molecule has 2 aromatic carbocycles. The van der Waals surface area contributed by atoms with Crippen molar-refractivity contribution >= 4 is 20.9 Å². The minimum Gasteiger partial charge on any atom is -0.307 e. The zero-order valence-electron chi connectivity index (χ0n) is 15.2. The Morgan fingerprint density at radius 3 is 2.29 bits per heavy atom. The lowest BCUT2D eigenvalue weighted by molar-refractivity contribution is 0.266. The van der Waals surface area contributed by atoms with Crippen LogP contribution < -0.4 is 11.2 Å². The Morgan fingerprint density at radius 2 is 1.57 bits per heavy atom. The lowest BCUT2D eigenvalue weighted by Gasteiger charge is -2.31. The Labute approximate surface area is 162 Å². The van der Waals surface area contributed by atoms with Crippen molar-refractivity contribution in [2.75, 3.05) is 13.1 Å². The van der Waals surface area contributed by atoms with Crippen LogP contribution in [0, 0.1) is 0 Å². The van der Waals surface area contributed by atoms with Crippen LogP contribution in [-0.2, 0) is 15.8 Å². The van der Waals surface area contributed by atoms with E-state index in [2.05, 4.69) is 4.98 Å². The molecule has 3 aromatic rings. The Morgan fingerprint density at radius 1 is 0.929 bits per heavy atom. The van der Waals surface area contributed by atoms with Crippen LogP contribution in [0.1, 0.15) is 24.4 Å². The number of piperidine rings is 1. The van der Waals surface area contributed by atoms with E-state index >= 15 is 0 Å². The molecule has 1 saturated heterocycles. The molecule has 8 heteroatoms. The number of aromatic amines is 1. The van der Waals surface area contributed by atoms with Gasteiger partial charge in [0, 0.05) is 19.1 Å². The number of nitrogens with one attached hydrogen (secondary N) is 1. The van der Waals surface area contributed by atoms with Gasteiger partial charge < -0.3 is 4.98 Å². The summed E-state index contributed by atoms with van der Waals surface area (Å²) in [6, 6.07) is 15.6. The molecule has 1 aliphatic heterocycles. The molecular weight excluding hydrogens is 378 g/mol. The van der Waals surface area contributed by atoms with Gasteiger partial charge in [-0.15, -0.1) is 0 Å². The summed E-state index contributed by atoms with van der Waals surface area (Å²) in [5.74, 6) is -0.0466. The van der Waals surface area contributed by atoms with Crippen molar-refractivity contribution in [3.63, 3.8) is 0 Å². The Hall–Kier alpha value is -2.71. The topological polar surface area (TPSA) is 92.2 Å². The number of aromatic nitrogens is 2. The average molecular weight is 399 g/mol. The minimum absolute atomic E-state index is 0.0466. The van der Waals surface area contributed by atoms with Crippen LogP contribution >= 0.6 is 0 Å². The number of sulfonamides is 1. The van der Waals surface area contributed by atoms with E-state index in [-0.39, 0.29) is 17.4 Å². The summed E-state index contributed by atoms with van der Waals surface area (Å²) in [5, 5.41) is 0.459. The fraction of sp³-hybridized carbons (Fsp3) is 0.300. The van der Waals surface area contributed by atoms with Crippen molar-refractivity contribution in [1.29, 1.82) is 0 Å². The van der Waals surface area contributed by atoms with Crippen LogP contribution in [0.15, 0.2) is 64.2 Å². The SMILES string of the molecule is O=c1[nH]c2ccccc2c(=O)n1C1CCN(S(=O)(=O)Cc2ccccc2)CC1. The van der Waals surface area contributed by atoms with Gasteiger partial charge in [0.1, 0.15) is 0 Å². The molecular formula is C20H21N3O4S. The zero-order chi connectivity index (χ0) is 19.7. The monoisotopic (exact) mass is 399 g/mol. The maximum absolute atomic E-state index is 12.8. The molecule has 0 spiro atoms. The molecule has 1 fully saturated rings. The first-order valence-corrected chi connectivity index (χ1v) is 10.8. The molecule has 0 saturated carbocycles. The smallest absolute Gasteiger partial charge is 0.307 e. The molecule has 0 amide bonds. The van der Waals surface area contributed by atoms with E-state index < -0.39 is 15.7 Å². The molecule has 0 aliphatic carbocycles. The van der Waals surface area contributed by atoms with E-state index in [4.69, 9.17) is 0 Å². The largest absolute Gasteiger partial charge is 0.329 e. The number of rotatable bonds is 4. The summed E-state index contributed by atoms with van der Waals surface area (Å²) in [7, 11) is -3.44. The first-order valence-electron chi connectivity index (χ1n) is 9.21. The summed E-state index contributed by atoms with van der Waals surface area (Å²) in [6.45, 7) is 0.580. The molecule has 1 N–H and O–H groups in total. The third-order valence-corrected chi connectivity index (χ3v) is 7.06. The Bertz CT molecular complexity index is 1210. The van der Waals surface area contributed by atoms with E-state index in [9.17, 15) is 18.0 Å². The molecule has 1 aromatic heterocycles. The highest BCUT2D eigenvalue weighted by molar-refractivity contribution is 7.88. The average Bonchev–Trinajstić information content (AvgIpc) is 2.69. The van der Waals surface area contributed by atoms with Gasteiger partial charge in [0.25, 0.3) is 5.56 Å². The summed E-state index contributed by atoms with van der Waals surface area (Å²) in [5.41, 5.74) is 0.475. The highest BCUT2D eigenvalue weighted by Crippen LogP contribution is 2.24. The van der Waals surface area contributed by atoms with Crippen molar-refractivity contribution in [1.82, 2.24) is 13.9 Å². The number of hydrogen-bond donors (Lipinski definition) is 1. The summed E-state index contributed by atoms with van der Waals surface area (Å²) < 4.78 is 28.1. The zero-order valence-corrected chi connectivity index (χ0v) is 16.1. The number of H-pyrrole nitrogens is 1. The molecule has 28 heavy (non-hydrogen) atoms.